The van der Waals surface area contributed by atoms with Crippen LogP contribution in [0.15, 0.2) is 10.7 Å². The Labute approximate surface area is 114 Å². The van der Waals surface area contributed by atoms with Crippen molar-refractivity contribution in [3.63, 3.8) is 0 Å². The Kier molecular flexibility index (Phi) is 4.58. The van der Waals surface area contributed by atoms with Crippen LogP contribution < -0.4 is 11.1 Å². The van der Waals surface area contributed by atoms with Crippen molar-refractivity contribution < 1.29 is 9.21 Å². The van der Waals surface area contributed by atoms with E-state index in [0.717, 1.165) is 12.8 Å². The van der Waals surface area contributed by atoms with Gasteiger partial charge in [-0.3, -0.25) is 4.79 Å². The van der Waals surface area contributed by atoms with E-state index in [1.54, 1.807) is 0 Å². The fourth-order valence-electron chi connectivity index (χ4n) is 2.34. The molecular weight excluding hydrogens is 242 g/mol. The van der Waals surface area contributed by atoms with Crippen molar-refractivity contribution >= 4 is 5.91 Å². The Hall–Kier alpha value is -1.36. The normalized spacial score (nSPS) is 18.5. The van der Waals surface area contributed by atoms with E-state index < -0.39 is 0 Å². The molecule has 1 aliphatic carbocycles. The number of rotatable bonds is 4. The van der Waals surface area contributed by atoms with E-state index in [1.807, 2.05) is 13.8 Å². The zero-order valence-corrected chi connectivity index (χ0v) is 11.7. The van der Waals surface area contributed by atoms with Gasteiger partial charge in [0.2, 0.25) is 5.89 Å². The molecule has 0 aromatic carbocycles. The van der Waals surface area contributed by atoms with E-state index in [4.69, 9.17) is 10.2 Å². The van der Waals surface area contributed by atoms with Crippen LogP contribution in [0.1, 0.15) is 68.4 Å². The van der Waals surface area contributed by atoms with Gasteiger partial charge in [0.05, 0.1) is 6.04 Å². The van der Waals surface area contributed by atoms with Gasteiger partial charge < -0.3 is 15.5 Å². The van der Waals surface area contributed by atoms with Crippen molar-refractivity contribution in [1.82, 2.24) is 10.3 Å². The molecule has 106 valence electrons. The van der Waals surface area contributed by atoms with E-state index in [2.05, 4.69) is 10.3 Å². The van der Waals surface area contributed by atoms with Crippen LogP contribution in [0.3, 0.4) is 0 Å². The van der Waals surface area contributed by atoms with Crippen molar-refractivity contribution in [2.45, 2.75) is 58.0 Å². The first kappa shape index (κ1) is 14.1. The maximum Gasteiger partial charge on any atom is 0.273 e. The lowest BCUT2D eigenvalue weighted by atomic mass is 9.95. The summed E-state index contributed by atoms with van der Waals surface area (Å²) in [5.41, 5.74) is 6.28. The number of hydrogen-bond donors (Lipinski definition) is 2. The van der Waals surface area contributed by atoms with Crippen LogP contribution in [0.5, 0.6) is 0 Å². The van der Waals surface area contributed by atoms with Gasteiger partial charge in [-0.05, 0) is 18.8 Å². The minimum atomic E-state index is -0.267. The summed E-state index contributed by atoms with van der Waals surface area (Å²) < 4.78 is 5.30. The number of carbonyl (C=O) groups excluding carboxylic acids is 1. The average Bonchev–Trinajstić information content (AvgIpc) is 2.88. The molecule has 0 saturated heterocycles. The van der Waals surface area contributed by atoms with Gasteiger partial charge in [-0.15, -0.1) is 0 Å². The first-order valence-electron chi connectivity index (χ1n) is 7.10. The monoisotopic (exact) mass is 265 g/mol. The molecule has 1 atom stereocenters. The first-order valence-corrected chi connectivity index (χ1v) is 7.10. The van der Waals surface area contributed by atoms with Gasteiger partial charge >= 0.3 is 0 Å². The fourth-order valence-corrected chi connectivity index (χ4v) is 2.34. The molecule has 1 saturated carbocycles. The summed E-state index contributed by atoms with van der Waals surface area (Å²) >= 11 is 0. The van der Waals surface area contributed by atoms with Gasteiger partial charge in [0.25, 0.3) is 5.91 Å². The largest absolute Gasteiger partial charge is 0.446 e. The van der Waals surface area contributed by atoms with Gasteiger partial charge in [-0.1, -0.05) is 33.1 Å². The van der Waals surface area contributed by atoms with E-state index in [-0.39, 0.29) is 23.9 Å². The van der Waals surface area contributed by atoms with Crippen molar-refractivity contribution in [3.8, 4) is 0 Å². The smallest absolute Gasteiger partial charge is 0.273 e. The molecule has 2 rings (SSSR count). The minimum absolute atomic E-state index is 0.155. The Morgan fingerprint density at radius 2 is 2.11 bits per heavy atom. The lowest BCUT2D eigenvalue weighted by Crippen LogP contribution is -2.36. The zero-order valence-electron chi connectivity index (χ0n) is 11.7. The quantitative estimate of drug-likeness (QED) is 0.875. The van der Waals surface area contributed by atoms with Gasteiger partial charge in [0, 0.05) is 6.04 Å². The molecule has 1 fully saturated rings. The van der Waals surface area contributed by atoms with Crippen LogP contribution in [0, 0.1) is 5.92 Å². The van der Waals surface area contributed by atoms with Crippen LogP contribution in [0.4, 0.5) is 0 Å². The second-order valence-electron chi connectivity index (χ2n) is 5.65. The molecule has 1 aromatic heterocycles. The highest BCUT2D eigenvalue weighted by Gasteiger charge is 2.21. The number of nitrogens with one attached hydrogen (secondary N) is 1. The third-order valence-corrected chi connectivity index (χ3v) is 3.70. The molecule has 0 aliphatic heterocycles. The topological polar surface area (TPSA) is 81.1 Å². The summed E-state index contributed by atoms with van der Waals surface area (Å²) in [5.74, 6) is 0.509. The molecule has 3 N–H and O–H groups in total. The second-order valence-corrected chi connectivity index (χ2v) is 5.65. The third kappa shape index (κ3) is 3.56. The fraction of sp³-hybridized carbons (Fsp3) is 0.714. The molecule has 19 heavy (non-hydrogen) atoms. The first-order chi connectivity index (χ1) is 9.08. The summed E-state index contributed by atoms with van der Waals surface area (Å²) in [6.45, 7) is 3.99. The van der Waals surface area contributed by atoms with Crippen LogP contribution in [0.2, 0.25) is 0 Å². The SMILES string of the molecule is CC(C)C(N)c1nc(C(=O)NC2CCCCC2)co1. The van der Waals surface area contributed by atoms with Gasteiger partial charge in [-0.2, -0.15) is 0 Å². The number of carbonyl (C=O) groups is 1. The van der Waals surface area contributed by atoms with Gasteiger partial charge in [-0.25, -0.2) is 4.98 Å². The zero-order chi connectivity index (χ0) is 13.8. The summed E-state index contributed by atoms with van der Waals surface area (Å²) in [7, 11) is 0. The molecule has 0 radical (unpaired) electrons. The molecule has 5 heteroatoms. The number of hydrogen-bond acceptors (Lipinski definition) is 4. The Bertz CT molecular complexity index is 422. The molecule has 1 aliphatic rings. The molecule has 0 bridgehead atoms. The number of nitrogens with two attached hydrogens (primary N) is 1. The highest BCUT2D eigenvalue weighted by Crippen LogP contribution is 2.20. The maximum atomic E-state index is 12.0. The summed E-state index contributed by atoms with van der Waals surface area (Å²) in [5, 5.41) is 3.01. The third-order valence-electron chi connectivity index (χ3n) is 3.70. The highest BCUT2D eigenvalue weighted by molar-refractivity contribution is 5.92. The van der Waals surface area contributed by atoms with Crippen LogP contribution in [-0.4, -0.2) is 16.9 Å². The predicted octanol–water partition coefficient (Wildman–Crippen LogP) is 2.39. The van der Waals surface area contributed by atoms with Crippen molar-refractivity contribution in [3.05, 3.63) is 17.8 Å². The van der Waals surface area contributed by atoms with Crippen LogP contribution >= 0.6 is 0 Å². The summed E-state index contributed by atoms with van der Waals surface area (Å²) in [4.78, 5) is 16.2. The van der Waals surface area contributed by atoms with Crippen molar-refractivity contribution in [2.24, 2.45) is 11.7 Å². The molecule has 1 unspecified atom stereocenters. The van der Waals surface area contributed by atoms with E-state index >= 15 is 0 Å². The summed E-state index contributed by atoms with van der Waals surface area (Å²) in [6.07, 6.45) is 7.16. The molecule has 5 nitrogen and oxygen atoms in total. The Balaban J connectivity index is 1.95. The van der Waals surface area contributed by atoms with Crippen molar-refractivity contribution in [1.29, 1.82) is 0 Å². The van der Waals surface area contributed by atoms with E-state index in [1.165, 1.54) is 25.5 Å². The Morgan fingerprint density at radius 1 is 1.42 bits per heavy atom. The molecular formula is C14H23N3O2. The standard InChI is InChI=1S/C14H23N3O2/c1-9(2)12(15)14-17-11(8-19-14)13(18)16-10-6-4-3-5-7-10/h8-10,12H,3-7,15H2,1-2H3,(H,16,18). The molecule has 0 spiro atoms. The Morgan fingerprint density at radius 3 is 2.74 bits per heavy atom. The van der Waals surface area contributed by atoms with Crippen molar-refractivity contribution in [2.75, 3.05) is 0 Å². The predicted molar refractivity (Wildman–Crippen MR) is 72.6 cm³/mol. The highest BCUT2D eigenvalue weighted by atomic mass is 16.3. The average molecular weight is 265 g/mol. The van der Waals surface area contributed by atoms with E-state index in [9.17, 15) is 4.79 Å². The van der Waals surface area contributed by atoms with Gasteiger partial charge in [0.1, 0.15) is 6.26 Å². The number of oxazole rings is 1. The van der Waals surface area contributed by atoms with Crippen LogP contribution in [0.25, 0.3) is 0 Å². The number of amides is 1. The lowest BCUT2D eigenvalue weighted by molar-refractivity contribution is 0.0922. The second kappa shape index (κ2) is 6.19. The molecule has 1 amide bonds. The maximum absolute atomic E-state index is 12.0. The molecule has 1 aromatic rings. The van der Waals surface area contributed by atoms with E-state index in [0.29, 0.717) is 11.6 Å². The van der Waals surface area contributed by atoms with Crippen LogP contribution in [-0.2, 0) is 0 Å². The lowest BCUT2D eigenvalue weighted by Gasteiger charge is -2.22. The molecule has 1 heterocycles. The summed E-state index contributed by atoms with van der Waals surface area (Å²) in [6, 6.07) is 0.0106. The minimum Gasteiger partial charge on any atom is -0.446 e. The number of aromatic nitrogens is 1. The number of nitrogens with zero attached hydrogens (tertiary/aromatic N) is 1. The van der Waals surface area contributed by atoms with Gasteiger partial charge in [0.15, 0.2) is 5.69 Å².